The predicted molar refractivity (Wildman–Crippen MR) is 94.7 cm³/mol. The van der Waals surface area contributed by atoms with E-state index in [4.69, 9.17) is 5.73 Å². The molecule has 0 aliphatic carbocycles. The fourth-order valence-corrected chi connectivity index (χ4v) is 3.06. The molecular weight excluding hydrogens is 327 g/mol. The van der Waals surface area contributed by atoms with Crippen molar-refractivity contribution >= 4 is 29.3 Å². The lowest BCUT2D eigenvalue weighted by atomic mass is 10.1. The molecule has 0 aliphatic heterocycles. The lowest BCUT2D eigenvalue weighted by Gasteiger charge is -2.12. The summed E-state index contributed by atoms with van der Waals surface area (Å²) in [5.41, 5.74) is 6.67. The molecule has 0 spiro atoms. The fourth-order valence-electron chi connectivity index (χ4n) is 2.12. The summed E-state index contributed by atoms with van der Waals surface area (Å²) in [5.74, 6) is -1.16. The largest absolute Gasteiger partial charge is 0.369 e. The van der Waals surface area contributed by atoms with Gasteiger partial charge in [0.25, 0.3) is 5.91 Å². The molecule has 3 N–H and O–H groups in total. The van der Waals surface area contributed by atoms with Gasteiger partial charge < -0.3 is 11.1 Å². The van der Waals surface area contributed by atoms with Crippen LogP contribution in [0.4, 0.5) is 10.1 Å². The highest BCUT2D eigenvalue weighted by Crippen LogP contribution is 2.27. The predicted octanol–water partition coefficient (Wildman–Crippen LogP) is 3.61. The highest BCUT2D eigenvalue weighted by Gasteiger charge is 2.17. The Balaban J connectivity index is 2.21. The summed E-state index contributed by atoms with van der Waals surface area (Å²) in [6, 6.07) is 11.5. The molecule has 0 aromatic heterocycles. The van der Waals surface area contributed by atoms with Gasteiger partial charge in [-0.25, -0.2) is 4.39 Å². The maximum Gasteiger partial charge on any atom is 0.256 e. The van der Waals surface area contributed by atoms with E-state index in [0.29, 0.717) is 28.1 Å². The van der Waals surface area contributed by atoms with Gasteiger partial charge in [-0.3, -0.25) is 9.59 Å². The van der Waals surface area contributed by atoms with E-state index in [1.807, 2.05) is 6.92 Å². The zero-order chi connectivity index (χ0) is 17.7. The molecular formula is C18H19FN2O2S. The van der Waals surface area contributed by atoms with Crippen LogP contribution in [-0.2, 0) is 11.2 Å². The fraction of sp³-hybridized carbons (Fsp3) is 0.222. The number of aryl methyl sites for hydroxylation is 1. The van der Waals surface area contributed by atoms with Gasteiger partial charge >= 0.3 is 0 Å². The number of anilines is 1. The second kappa shape index (κ2) is 7.97. The molecule has 1 unspecified atom stereocenters. The van der Waals surface area contributed by atoms with Gasteiger partial charge in [0.1, 0.15) is 5.82 Å². The minimum Gasteiger partial charge on any atom is -0.369 e. The zero-order valence-electron chi connectivity index (χ0n) is 13.5. The third kappa shape index (κ3) is 4.35. The van der Waals surface area contributed by atoms with E-state index >= 15 is 0 Å². The van der Waals surface area contributed by atoms with Crippen molar-refractivity contribution < 1.29 is 14.0 Å². The van der Waals surface area contributed by atoms with Crippen LogP contribution in [0.1, 0.15) is 29.8 Å². The summed E-state index contributed by atoms with van der Waals surface area (Å²) >= 11 is 1.22. The third-order valence-electron chi connectivity index (χ3n) is 3.53. The summed E-state index contributed by atoms with van der Waals surface area (Å²) in [6.45, 7) is 3.55. The number of carbonyl (C=O) groups excluding carboxylic acids is 2. The highest BCUT2D eigenvalue weighted by molar-refractivity contribution is 8.00. The van der Waals surface area contributed by atoms with Crippen LogP contribution in [0.15, 0.2) is 47.4 Å². The Kier molecular flexibility index (Phi) is 5.98. The summed E-state index contributed by atoms with van der Waals surface area (Å²) in [4.78, 5) is 24.4. The quantitative estimate of drug-likeness (QED) is 0.785. The summed E-state index contributed by atoms with van der Waals surface area (Å²) in [6.07, 6.45) is 0.588. The van der Waals surface area contributed by atoms with E-state index in [2.05, 4.69) is 5.32 Å². The normalized spacial score (nSPS) is 11.8. The molecule has 2 aromatic rings. The van der Waals surface area contributed by atoms with Gasteiger partial charge in [0.15, 0.2) is 0 Å². The molecule has 24 heavy (non-hydrogen) atoms. The van der Waals surface area contributed by atoms with Crippen LogP contribution in [-0.4, -0.2) is 17.1 Å². The van der Waals surface area contributed by atoms with Crippen LogP contribution in [0.25, 0.3) is 0 Å². The van der Waals surface area contributed by atoms with Crippen LogP contribution in [0.3, 0.4) is 0 Å². The standard InChI is InChI=1S/C18H19FN2O2S/c1-3-12-8-9-13(10-15(12)19)21-18(23)14-6-4-5-7-16(14)24-11(2)17(20)22/h4-11H,3H2,1-2H3,(H2,20,22)(H,21,23). The summed E-state index contributed by atoms with van der Waals surface area (Å²) in [5, 5.41) is 2.23. The van der Waals surface area contributed by atoms with E-state index in [1.165, 1.54) is 17.8 Å². The van der Waals surface area contributed by atoms with Crippen molar-refractivity contribution in [2.75, 3.05) is 5.32 Å². The molecule has 0 aliphatic rings. The maximum absolute atomic E-state index is 13.8. The summed E-state index contributed by atoms with van der Waals surface area (Å²) < 4.78 is 13.8. The van der Waals surface area contributed by atoms with E-state index < -0.39 is 11.2 Å². The Morgan fingerprint density at radius 1 is 1.25 bits per heavy atom. The molecule has 0 heterocycles. The Bertz CT molecular complexity index is 764. The molecule has 1 atom stereocenters. The molecule has 0 saturated heterocycles. The molecule has 0 fully saturated rings. The third-order valence-corrected chi connectivity index (χ3v) is 4.72. The molecule has 0 bridgehead atoms. The minimum absolute atomic E-state index is 0.347. The van der Waals surface area contributed by atoms with Crippen molar-refractivity contribution in [3.63, 3.8) is 0 Å². The van der Waals surface area contributed by atoms with Gasteiger partial charge in [0, 0.05) is 10.6 Å². The van der Waals surface area contributed by atoms with Crippen molar-refractivity contribution in [1.82, 2.24) is 0 Å². The molecule has 0 radical (unpaired) electrons. The van der Waals surface area contributed by atoms with Crippen molar-refractivity contribution in [3.8, 4) is 0 Å². The van der Waals surface area contributed by atoms with E-state index in [9.17, 15) is 14.0 Å². The van der Waals surface area contributed by atoms with Gasteiger partial charge in [-0.15, -0.1) is 11.8 Å². The molecule has 2 rings (SSSR count). The van der Waals surface area contributed by atoms with Gasteiger partial charge in [-0.2, -0.15) is 0 Å². The number of hydrogen-bond donors (Lipinski definition) is 2. The van der Waals surface area contributed by atoms with Crippen molar-refractivity contribution in [3.05, 3.63) is 59.4 Å². The Labute approximate surface area is 144 Å². The van der Waals surface area contributed by atoms with Gasteiger partial charge in [0.2, 0.25) is 5.91 Å². The lowest BCUT2D eigenvalue weighted by molar-refractivity contribution is -0.117. The summed E-state index contributed by atoms with van der Waals surface area (Å²) in [7, 11) is 0. The van der Waals surface area contributed by atoms with Crippen LogP contribution in [0.5, 0.6) is 0 Å². The first-order valence-electron chi connectivity index (χ1n) is 7.57. The van der Waals surface area contributed by atoms with Crippen LogP contribution in [0, 0.1) is 5.82 Å². The average molecular weight is 346 g/mol. The second-order valence-corrected chi connectivity index (χ2v) is 6.66. The van der Waals surface area contributed by atoms with E-state index in [-0.39, 0.29) is 11.7 Å². The molecule has 4 nitrogen and oxygen atoms in total. The number of thioether (sulfide) groups is 1. The minimum atomic E-state index is -0.458. The van der Waals surface area contributed by atoms with Crippen molar-refractivity contribution in [1.29, 1.82) is 0 Å². The Hall–Kier alpha value is -2.34. The molecule has 6 heteroatoms. The van der Waals surface area contributed by atoms with Gasteiger partial charge in [-0.05, 0) is 43.2 Å². The van der Waals surface area contributed by atoms with Gasteiger partial charge in [-0.1, -0.05) is 25.1 Å². The topological polar surface area (TPSA) is 72.2 Å². The Morgan fingerprint density at radius 2 is 1.96 bits per heavy atom. The smallest absolute Gasteiger partial charge is 0.256 e. The van der Waals surface area contributed by atoms with Crippen LogP contribution >= 0.6 is 11.8 Å². The first-order chi connectivity index (χ1) is 11.4. The van der Waals surface area contributed by atoms with Crippen molar-refractivity contribution in [2.45, 2.75) is 30.4 Å². The number of carbonyl (C=O) groups is 2. The number of nitrogens with one attached hydrogen (secondary N) is 1. The van der Waals surface area contributed by atoms with Crippen LogP contribution < -0.4 is 11.1 Å². The number of amides is 2. The maximum atomic E-state index is 13.8. The lowest BCUT2D eigenvalue weighted by Crippen LogP contribution is -2.23. The number of hydrogen-bond acceptors (Lipinski definition) is 3. The number of benzene rings is 2. The molecule has 2 amide bonds. The van der Waals surface area contributed by atoms with E-state index in [1.54, 1.807) is 43.3 Å². The first kappa shape index (κ1) is 18.0. The molecule has 0 saturated carbocycles. The van der Waals surface area contributed by atoms with Crippen molar-refractivity contribution in [2.24, 2.45) is 5.73 Å². The SMILES string of the molecule is CCc1ccc(NC(=O)c2ccccc2SC(C)C(N)=O)cc1F. The number of halogens is 1. The average Bonchev–Trinajstić information content (AvgIpc) is 2.55. The second-order valence-electron chi connectivity index (χ2n) is 5.27. The molecule has 2 aromatic carbocycles. The number of nitrogens with two attached hydrogens (primary N) is 1. The first-order valence-corrected chi connectivity index (χ1v) is 8.45. The van der Waals surface area contributed by atoms with Crippen LogP contribution in [0.2, 0.25) is 0 Å². The number of primary amides is 1. The monoisotopic (exact) mass is 346 g/mol. The molecule has 126 valence electrons. The Morgan fingerprint density at radius 3 is 2.58 bits per heavy atom. The van der Waals surface area contributed by atoms with E-state index in [0.717, 1.165) is 0 Å². The highest BCUT2D eigenvalue weighted by atomic mass is 32.2. The van der Waals surface area contributed by atoms with Gasteiger partial charge in [0.05, 0.1) is 10.8 Å². The number of rotatable bonds is 6. The zero-order valence-corrected chi connectivity index (χ0v) is 14.3.